The fraction of sp³-hybridized carbons (Fsp3) is 0.333. The van der Waals surface area contributed by atoms with Gasteiger partial charge in [-0.05, 0) is 45.9 Å². The fourth-order valence-electron chi connectivity index (χ4n) is 2.99. The Morgan fingerprint density at radius 3 is 2.52 bits per heavy atom. The van der Waals surface area contributed by atoms with Gasteiger partial charge >= 0.3 is 0 Å². The molecule has 0 bridgehead atoms. The Bertz CT molecular complexity index is 955. The molecule has 0 aliphatic rings. The first-order valence-electron chi connectivity index (χ1n) is 8.12. The average Bonchev–Trinajstić information content (AvgIpc) is 3.02. The second-order valence-electron chi connectivity index (χ2n) is 5.79. The second kappa shape index (κ2) is 6.73. The Labute approximate surface area is 156 Å². The van der Waals surface area contributed by atoms with E-state index in [0.717, 1.165) is 11.3 Å². The quantitative estimate of drug-likeness (QED) is 0.640. The third-order valence-electron chi connectivity index (χ3n) is 4.26. The zero-order valence-corrected chi connectivity index (χ0v) is 16.1. The molecule has 0 saturated heterocycles. The molecule has 0 atom stereocenters. The summed E-state index contributed by atoms with van der Waals surface area (Å²) in [4.78, 5) is 14.6. The monoisotopic (exact) mass is 379 g/mol. The molecule has 1 aromatic carbocycles. The number of halogens is 2. The average molecular weight is 380 g/mol. The van der Waals surface area contributed by atoms with Gasteiger partial charge in [0.2, 0.25) is 5.71 Å². The highest BCUT2D eigenvalue weighted by Gasteiger charge is 2.27. The van der Waals surface area contributed by atoms with Crippen LogP contribution in [0, 0.1) is 13.8 Å². The summed E-state index contributed by atoms with van der Waals surface area (Å²) < 4.78 is 7.56. The molecule has 0 fully saturated rings. The van der Waals surface area contributed by atoms with E-state index in [0.29, 0.717) is 45.9 Å². The normalized spacial score (nSPS) is 11.3. The molecule has 0 unspecified atom stereocenters. The molecule has 2 heterocycles. The molecule has 25 heavy (non-hydrogen) atoms. The Morgan fingerprint density at radius 1 is 1.24 bits per heavy atom. The molecule has 0 radical (unpaired) electrons. The van der Waals surface area contributed by atoms with E-state index in [-0.39, 0.29) is 5.91 Å². The van der Waals surface area contributed by atoms with Crippen LogP contribution in [-0.2, 0) is 0 Å². The van der Waals surface area contributed by atoms with Crippen molar-refractivity contribution in [1.29, 1.82) is 0 Å². The van der Waals surface area contributed by atoms with Gasteiger partial charge in [-0.3, -0.25) is 4.79 Å². The van der Waals surface area contributed by atoms with E-state index < -0.39 is 0 Å². The van der Waals surface area contributed by atoms with Gasteiger partial charge in [-0.15, -0.1) is 0 Å². The first kappa shape index (κ1) is 17.8. The zero-order valence-electron chi connectivity index (χ0n) is 14.6. The van der Waals surface area contributed by atoms with Crippen LogP contribution >= 0.6 is 23.2 Å². The molecule has 2 aromatic heterocycles. The minimum Gasteiger partial charge on any atom is -0.440 e. The number of rotatable bonds is 4. The molecule has 0 spiro atoms. The first-order chi connectivity index (χ1) is 11.9. The van der Waals surface area contributed by atoms with Gasteiger partial charge in [0.1, 0.15) is 17.0 Å². The molecule has 7 heteroatoms. The van der Waals surface area contributed by atoms with Crippen LogP contribution in [0.15, 0.2) is 22.6 Å². The van der Waals surface area contributed by atoms with E-state index >= 15 is 0 Å². The number of aromatic nitrogens is 2. The van der Waals surface area contributed by atoms with Gasteiger partial charge in [0.05, 0.1) is 10.7 Å². The van der Waals surface area contributed by atoms with E-state index in [1.165, 1.54) is 0 Å². The molecular formula is C18H19Cl2N3O2. The summed E-state index contributed by atoms with van der Waals surface area (Å²) in [6, 6.07) is 5.26. The van der Waals surface area contributed by atoms with Crippen LogP contribution in [0.3, 0.4) is 0 Å². The molecule has 3 aromatic rings. The van der Waals surface area contributed by atoms with Gasteiger partial charge in [-0.1, -0.05) is 23.2 Å². The topological polar surface area (TPSA) is 50.8 Å². The summed E-state index contributed by atoms with van der Waals surface area (Å²) in [6.07, 6.45) is 0. The number of fused-ring (bicyclic) bond motifs is 1. The Balaban J connectivity index is 2.23. The lowest BCUT2D eigenvalue weighted by atomic mass is 10.1. The molecule has 1 amide bonds. The van der Waals surface area contributed by atoms with Crippen molar-refractivity contribution in [3.8, 4) is 11.3 Å². The number of aryl methyl sites for hydroxylation is 2. The van der Waals surface area contributed by atoms with E-state index in [9.17, 15) is 4.79 Å². The number of hydrogen-bond donors (Lipinski definition) is 0. The fourth-order valence-corrected chi connectivity index (χ4v) is 3.49. The Morgan fingerprint density at radius 2 is 1.92 bits per heavy atom. The number of benzene rings is 1. The molecule has 3 rings (SSSR count). The van der Waals surface area contributed by atoms with Crippen LogP contribution in [-0.4, -0.2) is 33.5 Å². The largest absolute Gasteiger partial charge is 0.440 e. The smallest absolute Gasteiger partial charge is 0.261 e. The second-order valence-corrected chi connectivity index (χ2v) is 6.63. The molecule has 5 nitrogen and oxygen atoms in total. The highest BCUT2D eigenvalue weighted by atomic mass is 35.5. The van der Waals surface area contributed by atoms with Gasteiger partial charge in [0.25, 0.3) is 5.91 Å². The number of amides is 1. The minimum absolute atomic E-state index is 0.0833. The SMILES string of the molecule is CCN(CC)C(=O)c1c(C)nn2c(-c3ccc(Cl)cc3Cl)c(C)oc12. The number of oxazole rings is 1. The number of carbonyl (C=O) groups is 1. The summed E-state index contributed by atoms with van der Waals surface area (Å²) in [5.41, 5.74) is 3.03. The summed E-state index contributed by atoms with van der Waals surface area (Å²) in [7, 11) is 0. The third kappa shape index (κ3) is 2.92. The highest BCUT2D eigenvalue weighted by molar-refractivity contribution is 6.36. The predicted molar refractivity (Wildman–Crippen MR) is 99.6 cm³/mol. The maximum atomic E-state index is 12.8. The standard InChI is InChI=1S/C18H19Cl2N3O2/c1-5-22(6-2)17(24)15-10(3)21-23-16(11(4)25-18(15)23)13-8-7-12(19)9-14(13)20/h7-9H,5-6H2,1-4H3. The van der Waals surface area contributed by atoms with Crippen LogP contribution in [0.5, 0.6) is 0 Å². The zero-order chi connectivity index (χ0) is 18.3. The van der Waals surface area contributed by atoms with Gasteiger partial charge in [-0.2, -0.15) is 9.61 Å². The lowest BCUT2D eigenvalue weighted by Gasteiger charge is -2.17. The molecular weight excluding hydrogens is 361 g/mol. The van der Waals surface area contributed by atoms with E-state index in [2.05, 4.69) is 5.10 Å². The van der Waals surface area contributed by atoms with Crippen LogP contribution < -0.4 is 0 Å². The van der Waals surface area contributed by atoms with Crippen molar-refractivity contribution in [2.24, 2.45) is 0 Å². The van der Waals surface area contributed by atoms with Gasteiger partial charge < -0.3 is 9.32 Å². The highest BCUT2D eigenvalue weighted by Crippen LogP contribution is 2.35. The van der Waals surface area contributed by atoms with E-state index in [1.807, 2.05) is 33.8 Å². The third-order valence-corrected chi connectivity index (χ3v) is 4.81. The van der Waals surface area contributed by atoms with Gasteiger partial charge in [0.15, 0.2) is 0 Å². The van der Waals surface area contributed by atoms with Gasteiger partial charge in [0, 0.05) is 23.7 Å². The van der Waals surface area contributed by atoms with E-state index in [4.69, 9.17) is 27.6 Å². The summed E-state index contributed by atoms with van der Waals surface area (Å²) in [5, 5.41) is 5.59. The van der Waals surface area contributed by atoms with Crippen molar-refractivity contribution < 1.29 is 9.21 Å². The van der Waals surface area contributed by atoms with Crippen molar-refractivity contribution >= 4 is 34.8 Å². The molecule has 0 aliphatic carbocycles. The molecule has 0 N–H and O–H groups in total. The predicted octanol–water partition coefficient (Wildman–Crippen LogP) is 5.00. The molecule has 0 saturated carbocycles. The molecule has 132 valence electrons. The molecule has 0 aliphatic heterocycles. The number of carbonyl (C=O) groups excluding carboxylic acids is 1. The summed E-state index contributed by atoms with van der Waals surface area (Å²) in [5.74, 6) is 0.556. The van der Waals surface area contributed by atoms with Crippen LogP contribution in [0.1, 0.15) is 35.7 Å². The number of hydrogen-bond acceptors (Lipinski definition) is 3. The summed E-state index contributed by atoms with van der Waals surface area (Å²) >= 11 is 12.3. The van der Waals surface area contributed by atoms with Crippen molar-refractivity contribution in [1.82, 2.24) is 14.5 Å². The maximum Gasteiger partial charge on any atom is 0.261 e. The van der Waals surface area contributed by atoms with Crippen LogP contribution in [0.4, 0.5) is 0 Å². The minimum atomic E-state index is -0.0833. The Hall–Kier alpha value is -1.98. The van der Waals surface area contributed by atoms with Crippen LogP contribution in [0.25, 0.3) is 17.0 Å². The Kier molecular flexibility index (Phi) is 4.80. The van der Waals surface area contributed by atoms with Gasteiger partial charge in [-0.25, -0.2) is 0 Å². The maximum absolute atomic E-state index is 12.8. The first-order valence-corrected chi connectivity index (χ1v) is 8.88. The van der Waals surface area contributed by atoms with Crippen molar-refractivity contribution in [2.45, 2.75) is 27.7 Å². The summed E-state index contributed by atoms with van der Waals surface area (Å²) in [6.45, 7) is 8.79. The van der Waals surface area contributed by atoms with Crippen molar-refractivity contribution in [2.75, 3.05) is 13.1 Å². The number of nitrogens with zero attached hydrogens (tertiary/aromatic N) is 3. The van der Waals surface area contributed by atoms with Crippen LogP contribution in [0.2, 0.25) is 10.0 Å². The van der Waals surface area contributed by atoms with Crippen molar-refractivity contribution in [3.05, 3.63) is 45.3 Å². The lowest BCUT2D eigenvalue weighted by Crippen LogP contribution is -2.30. The van der Waals surface area contributed by atoms with Crippen molar-refractivity contribution in [3.63, 3.8) is 0 Å². The van der Waals surface area contributed by atoms with E-state index in [1.54, 1.807) is 21.5 Å². The lowest BCUT2D eigenvalue weighted by molar-refractivity contribution is 0.0773.